The number of hydrogen-bond donors (Lipinski definition) is 1. The predicted molar refractivity (Wildman–Crippen MR) is 83.7 cm³/mol. The van der Waals surface area contributed by atoms with Crippen LogP contribution in [0.2, 0.25) is 5.02 Å². The number of rotatable bonds is 8. The fraction of sp³-hybridized carbons (Fsp3) is 0.800. The maximum atomic E-state index is 6.42. The standard InChI is InChI=1S/C15H26ClN3O2/c1-4-6-17-14(12-5-8-21-11(12)2)15-13(16)10-18-19(15)7-9-20-3/h10-12,14,17H,4-9H2,1-3H3. The molecule has 5 nitrogen and oxygen atoms in total. The molecule has 0 spiro atoms. The number of nitrogens with zero attached hydrogens (tertiary/aromatic N) is 2. The van der Waals surface area contributed by atoms with E-state index in [-0.39, 0.29) is 12.1 Å². The van der Waals surface area contributed by atoms with Crippen LogP contribution in [0.4, 0.5) is 0 Å². The topological polar surface area (TPSA) is 48.3 Å². The summed E-state index contributed by atoms with van der Waals surface area (Å²) in [6.07, 6.45) is 4.10. The van der Waals surface area contributed by atoms with E-state index in [4.69, 9.17) is 21.1 Å². The van der Waals surface area contributed by atoms with Gasteiger partial charge in [-0.2, -0.15) is 5.10 Å². The zero-order valence-corrected chi connectivity index (χ0v) is 13.9. The number of methoxy groups -OCH3 is 1. The zero-order chi connectivity index (χ0) is 15.2. The summed E-state index contributed by atoms with van der Waals surface area (Å²) in [7, 11) is 1.70. The molecule has 1 aromatic heterocycles. The molecular formula is C15H26ClN3O2. The lowest BCUT2D eigenvalue weighted by Gasteiger charge is -2.28. The molecule has 0 saturated carbocycles. The minimum Gasteiger partial charge on any atom is -0.383 e. The Hall–Kier alpha value is -0.620. The molecule has 120 valence electrons. The van der Waals surface area contributed by atoms with Gasteiger partial charge in [0.25, 0.3) is 0 Å². The summed E-state index contributed by atoms with van der Waals surface area (Å²) in [6.45, 7) is 7.43. The maximum absolute atomic E-state index is 6.42. The van der Waals surface area contributed by atoms with Crippen molar-refractivity contribution < 1.29 is 9.47 Å². The smallest absolute Gasteiger partial charge is 0.0834 e. The normalized spacial score (nSPS) is 23.6. The van der Waals surface area contributed by atoms with E-state index in [1.165, 1.54) is 0 Å². The van der Waals surface area contributed by atoms with Gasteiger partial charge in [-0.05, 0) is 26.3 Å². The van der Waals surface area contributed by atoms with Gasteiger partial charge in [0.2, 0.25) is 0 Å². The Morgan fingerprint density at radius 3 is 3.05 bits per heavy atom. The number of halogens is 1. The number of hydrogen-bond acceptors (Lipinski definition) is 4. The number of ether oxygens (including phenoxy) is 2. The summed E-state index contributed by atoms with van der Waals surface area (Å²) >= 11 is 6.42. The average Bonchev–Trinajstić information content (AvgIpc) is 3.05. The van der Waals surface area contributed by atoms with Crippen LogP contribution in [-0.4, -0.2) is 42.8 Å². The van der Waals surface area contributed by atoms with E-state index < -0.39 is 0 Å². The summed E-state index contributed by atoms with van der Waals surface area (Å²) in [5.41, 5.74) is 1.06. The van der Waals surface area contributed by atoms with Gasteiger partial charge in [0.1, 0.15) is 0 Å². The molecule has 0 aliphatic carbocycles. The van der Waals surface area contributed by atoms with Crippen LogP contribution in [0.1, 0.15) is 38.4 Å². The van der Waals surface area contributed by atoms with Crippen LogP contribution in [0.15, 0.2) is 6.20 Å². The summed E-state index contributed by atoms with van der Waals surface area (Å²) in [5, 5.41) is 8.76. The van der Waals surface area contributed by atoms with Crippen molar-refractivity contribution in [3.8, 4) is 0 Å². The molecule has 1 aliphatic rings. The van der Waals surface area contributed by atoms with Gasteiger partial charge >= 0.3 is 0 Å². The third-order valence-corrected chi connectivity index (χ3v) is 4.40. The highest BCUT2D eigenvalue weighted by Crippen LogP contribution is 2.36. The SMILES string of the molecule is CCCNC(c1c(Cl)cnn1CCOC)C1CCOC1C. The highest BCUT2D eigenvalue weighted by molar-refractivity contribution is 6.31. The van der Waals surface area contributed by atoms with Crippen LogP contribution in [0, 0.1) is 5.92 Å². The highest BCUT2D eigenvalue weighted by Gasteiger charge is 2.35. The second-order valence-corrected chi connectivity index (χ2v) is 5.96. The lowest BCUT2D eigenvalue weighted by Crippen LogP contribution is -2.34. The van der Waals surface area contributed by atoms with Crippen molar-refractivity contribution >= 4 is 11.6 Å². The molecule has 0 bridgehead atoms. The first-order valence-electron chi connectivity index (χ1n) is 7.74. The monoisotopic (exact) mass is 315 g/mol. The van der Waals surface area contributed by atoms with Crippen LogP contribution >= 0.6 is 11.6 Å². The molecular weight excluding hydrogens is 290 g/mol. The molecule has 1 saturated heterocycles. The second-order valence-electron chi connectivity index (χ2n) is 5.55. The van der Waals surface area contributed by atoms with Crippen LogP contribution in [-0.2, 0) is 16.0 Å². The van der Waals surface area contributed by atoms with Crippen molar-refractivity contribution in [3.05, 3.63) is 16.9 Å². The van der Waals surface area contributed by atoms with Crippen LogP contribution in [0.25, 0.3) is 0 Å². The van der Waals surface area contributed by atoms with Crippen molar-refractivity contribution in [2.75, 3.05) is 26.9 Å². The molecule has 2 heterocycles. The first-order chi connectivity index (χ1) is 10.2. The van der Waals surface area contributed by atoms with E-state index in [1.807, 2.05) is 4.68 Å². The molecule has 6 heteroatoms. The highest BCUT2D eigenvalue weighted by atomic mass is 35.5. The lowest BCUT2D eigenvalue weighted by molar-refractivity contribution is 0.0939. The van der Waals surface area contributed by atoms with Crippen molar-refractivity contribution in [2.24, 2.45) is 5.92 Å². The molecule has 0 aromatic carbocycles. The molecule has 3 unspecified atom stereocenters. The summed E-state index contributed by atoms with van der Waals surface area (Å²) in [6, 6.07) is 0.175. The van der Waals surface area contributed by atoms with E-state index in [0.29, 0.717) is 19.1 Å². The minimum atomic E-state index is 0.175. The van der Waals surface area contributed by atoms with Gasteiger partial charge in [0.05, 0.1) is 42.2 Å². The van der Waals surface area contributed by atoms with E-state index in [2.05, 4.69) is 24.3 Å². The second kappa shape index (κ2) is 8.13. The molecule has 3 atom stereocenters. The lowest BCUT2D eigenvalue weighted by atomic mass is 9.91. The molecule has 1 aliphatic heterocycles. The first-order valence-corrected chi connectivity index (χ1v) is 8.12. The summed E-state index contributed by atoms with van der Waals surface area (Å²) in [4.78, 5) is 0. The molecule has 1 fully saturated rings. The third-order valence-electron chi connectivity index (χ3n) is 4.11. The Morgan fingerprint density at radius 2 is 2.43 bits per heavy atom. The van der Waals surface area contributed by atoms with Gasteiger partial charge in [0.15, 0.2) is 0 Å². The largest absolute Gasteiger partial charge is 0.383 e. The molecule has 21 heavy (non-hydrogen) atoms. The van der Waals surface area contributed by atoms with E-state index in [0.717, 1.165) is 36.7 Å². The fourth-order valence-electron chi connectivity index (χ4n) is 2.97. The predicted octanol–water partition coefficient (Wildman–Crippen LogP) is 2.65. The van der Waals surface area contributed by atoms with Gasteiger partial charge in [-0.15, -0.1) is 0 Å². The van der Waals surface area contributed by atoms with Gasteiger partial charge in [0, 0.05) is 19.6 Å². The quantitative estimate of drug-likeness (QED) is 0.801. The maximum Gasteiger partial charge on any atom is 0.0834 e. The van der Waals surface area contributed by atoms with Gasteiger partial charge in [-0.3, -0.25) is 4.68 Å². The Labute approximate surface area is 131 Å². The Morgan fingerprint density at radius 1 is 1.62 bits per heavy atom. The Balaban J connectivity index is 2.24. The number of nitrogens with one attached hydrogen (secondary N) is 1. The third kappa shape index (κ3) is 3.97. The van der Waals surface area contributed by atoms with Crippen LogP contribution < -0.4 is 5.32 Å². The Kier molecular flexibility index (Phi) is 6.48. The molecule has 1 N–H and O–H groups in total. The van der Waals surface area contributed by atoms with Gasteiger partial charge < -0.3 is 14.8 Å². The van der Waals surface area contributed by atoms with Crippen molar-refractivity contribution in [1.82, 2.24) is 15.1 Å². The van der Waals surface area contributed by atoms with Crippen molar-refractivity contribution in [2.45, 2.75) is 45.4 Å². The summed E-state index contributed by atoms with van der Waals surface area (Å²) in [5.74, 6) is 0.423. The molecule has 1 aromatic rings. The molecule has 2 rings (SSSR count). The van der Waals surface area contributed by atoms with Crippen molar-refractivity contribution in [1.29, 1.82) is 0 Å². The Bertz CT molecular complexity index is 439. The summed E-state index contributed by atoms with van der Waals surface area (Å²) < 4.78 is 12.9. The molecule has 0 radical (unpaired) electrons. The van der Waals surface area contributed by atoms with E-state index >= 15 is 0 Å². The fourth-order valence-corrected chi connectivity index (χ4v) is 3.23. The zero-order valence-electron chi connectivity index (χ0n) is 13.1. The molecule has 0 amide bonds. The van der Waals surface area contributed by atoms with Gasteiger partial charge in [-0.1, -0.05) is 18.5 Å². The van der Waals surface area contributed by atoms with Crippen molar-refractivity contribution in [3.63, 3.8) is 0 Å². The van der Waals surface area contributed by atoms with E-state index in [1.54, 1.807) is 13.3 Å². The van der Waals surface area contributed by atoms with Crippen LogP contribution in [0.5, 0.6) is 0 Å². The number of aromatic nitrogens is 2. The van der Waals surface area contributed by atoms with E-state index in [9.17, 15) is 0 Å². The first kappa shape index (κ1) is 16.7. The van der Waals surface area contributed by atoms with Gasteiger partial charge in [-0.25, -0.2) is 0 Å². The van der Waals surface area contributed by atoms with Crippen LogP contribution in [0.3, 0.4) is 0 Å². The average molecular weight is 316 g/mol. The minimum absolute atomic E-state index is 0.175.